The Morgan fingerprint density at radius 3 is 3.08 bits per heavy atom. The zero-order valence-corrected chi connectivity index (χ0v) is 6.77. The lowest BCUT2D eigenvalue weighted by Gasteiger charge is -1.82. The summed E-state index contributed by atoms with van der Waals surface area (Å²) in [5.41, 5.74) is 3.77. The first-order valence-corrected chi connectivity index (χ1v) is 3.74. The van der Waals surface area contributed by atoms with E-state index in [-0.39, 0.29) is 0 Å². The zero-order valence-electron chi connectivity index (χ0n) is 6.77. The van der Waals surface area contributed by atoms with Gasteiger partial charge < -0.3 is 9.84 Å². The highest BCUT2D eigenvalue weighted by Crippen LogP contribution is 2.19. The first-order valence-electron chi connectivity index (χ1n) is 3.74. The number of nitrogens with two attached hydrogens (primary N) is 1. The maximum atomic E-state index is 5.27. The fourth-order valence-corrected chi connectivity index (χ4v) is 1.01. The quantitative estimate of drug-likeness (QED) is 0.309. The van der Waals surface area contributed by atoms with Gasteiger partial charge in [-0.2, -0.15) is 9.98 Å². The Morgan fingerprint density at radius 2 is 2.31 bits per heavy atom. The number of aromatic nitrogens is 1. The summed E-state index contributed by atoms with van der Waals surface area (Å²) in [7, 11) is 0. The highest BCUT2D eigenvalue weighted by atomic mass is 16.4. The van der Waals surface area contributed by atoms with Crippen LogP contribution in [-0.2, 0) is 0 Å². The van der Waals surface area contributed by atoms with E-state index >= 15 is 0 Å². The van der Waals surface area contributed by atoms with Crippen LogP contribution in [0.5, 0.6) is 0 Å². The third-order valence-electron chi connectivity index (χ3n) is 1.53. The number of benzene rings is 1. The van der Waals surface area contributed by atoms with Crippen molar-refractivity contribution >= 4 is 23.5 Å². The van der Waals surface area contributed by atoms with Crippen molar-refractivity contribution in [1.82, 2.24) is 10.4 Å². The number of hydrogen-bond donors (Lipinski definition) is 2. The number of fused-ring (bicyclic) bond motifs is 1. The van der Waals surface area contributed by atoms with E-state index < -0.39 is 0 Å². The molecule has 0 radical (unpaired) electrons. The summed E-state index contributed by atoms with van der Waals surface area (Å²) in [5, 5.41) is 0. The van der Waals surface area contributed by atoms with Crippen molar-refractivity contribution in [3.63, 3.8) is 0 Å². The summed E-state index contributed by atoms with van der Waals surface area (Å²) < 4.78 is 5.27. The van der Waals surface area contributed by atoms with E-state index in [1.54, 1.807) is 0 Å². The van der Waals surface area contributed by atoms with Crippen LogP contribution in [0.1, 0.15) is 0 Å². The number of oxazole rings is 1. The number of hydrogen-bond acceptors (Lipinski definition) is 4. The normalized spacial score (nSPS) is 11.2. The fourth-order valence-electron chi connectivity index (χ4n) is 1.01. The lowest BCUT2D eigenvalue weighted by Crippen LogP contribution is -2.18. The number of para-hydroxylation sites is 2. The largest absolute Gasteiger partial charge is 0.422 e. The number of hydrazine groups is 1. The summed E-state index contributed by atoms with van der Waals surface area (Å²) in [6.07, 6.45) is 1.31. The van der Waals surface area contributed by atoms with Gasteiger partial charge in [0, 0.05) is 0 Å². The number of aliphatic imine (C=N–C) groups is 1. The Labute approximate surface area is 74.2 Å². The van der Waals surface area contributed by atoms with Gasteiger partial charge in [0.1, 0.15) is 11.9 Å². The number of nitrogens with one attached hydrogen (secondary N) is 1. The summed E-state index contributed by atoms with van der Waals surface area (Å²) in [6, 6.07) is 7.74. The standard InChI is InChI=1S/C8H8N4O/c9-11-5-10-8-12-6-3-1-2-4-7(6)13-8/h1-5H,9H2,(H,10,11,12). The van der Waals surface area contributed by atoms with Crippen molar-refractivity contribution in [1.29, 1.82) is 0 Å². The second-order valence-corrected chi connectivity index (χ2v) is 2.39. The van der Waals surface area contributed by atoms with E-state index in [2.05, 4.69) is 15.4 Å². The van der Waals surface area contributed by atoms with Crippen LogP contribution in [0, 0.1) is 0 Å². The van der Waals surface area contributed by atoms with Gasteiger partial charge in [-0.15, -0.1) is 0 Å². The molecule has 0 atom stereocenters. The molecule has 5 heteroatoms. The van der Waals surface area contributed by atoms with Gasteiger partial charge >= 0.3 is 6.01 Å². The molecule has 0 spiro atoms. The smallest absolute Gasteiger partial charge is 0.324 e. The Balaban J connectivity index is 2.44. The Hall–Kier alpha value is -1.88. The Morgan fingerprint density at radius 1 is 1.46 bits per heavy atom. The van der Waals surface area contributed by atoms with Crippen molar-refractivity contribution in [3.8, 4) is 0 Å². The second kappa shape index (κ2) is 3.24. The van der Waals surface area contributed by atoms with Crippen molar-refractivity contribution in [2.75, 3.05) is 0 Å². The minimum atomic E-state index is 0.291. The lowest BCUT2D eigenvalue weighted by molar-refractivity contribution is 0.613. The molecule has 13 heavy (non-hydrogen) atoms. The van der Waals surface area contributed by atoms with Gasteiger partial charge in [0.05, 0.1) is 0 Å². The molecule has 66 valence electrons. The van der Waals surface area contributed by atoms with Gasteiger partial charge in [-0.05, 0) is 12.1 Å². The molecule has 1 heterocycles. The Kier molecular flexibility index (Phi) is 1.93. The number of rotatable bonds is 2. The maximum absolute atomic E-state index is 5.27. The minimum Gasteiger partial charge on any atom is -0.422 e. The van der Waals surface area contributed by atoms with Gasteiger partial charge in [0.25, 0.3) is 0 Å². The predicted octanol–water partition coefficient (Wildman–Crippen LogP) is 0.951. The molecule has 0 unspecified atom stereocenters. The van der Waals surface area contributed by atoms with Crippen LogP contribution in [0.3, 0.4) is 0 Å². The van der Waals surface area contributed by atoms with Gasteiger partial charge in [0.2, 0.25) is 0 Å². The van der Waals surface area contributed by atoms with E-state index in [4.69, 9.17) is 10.3 Å². The van der Waals surface area contributed by atoms with Crippen LogP contribution >= 0.6 is 0 Å². The van der Waals surface area contributed by atoms with Gasteiger partial charge in [-0.1, -0.05) is 12.1 Å². The third-order valence-corrected chi connectivity index (χ3v) is 1.53. The van der Waals surface area contributed by atoms with E-state index in [1.807, 2.05) is 24.3 Å². The predicted molar refractivity (Wildman–Crippen MR) is 49.5 cm³/mol. The lowest BCUT2D eigenvalue weighted by atomic mass is 10.3. The first kappa shape index (κ1) is 7.75. The molecule has 0 aliphatic carbocycles. The Bertz CT molecular complexity index is 401. The van der Waals surface area contributed by atoms with Gasteiger partial charge in [0.15, 0.2) is 5.58 Å². The molecule has 0 amide bonds. The third kappa shape index (κ3) is 1.50. The average molecular weight is 176 g/mol. The second-order valence-electron chi connectivity index (χ2n) is 2.39. The van der Waals surface area contributed by atoms with E-state index in [0.29, 0.717) is 11.6 Å². The molecule has 0 saturated heterocycles. The number of nitrogens with zero attached hydrogens (tertiary/aromatic N) is 2. The van der Waals surface area contributed by atoms with Crippen LogP contribution in [0.25, 0.3) is 11.1 Å². The molecular weight excluding hydrogens is 168 g/mol. The molecule has 1 aromatic heterocycles. The highest BCUT2D eigenvalue weighted by molar-refractivity contribution is 5.74. The average Bonchev–Trinajstić information content (AvgIpc) is 2.57. The van der Waals surface area contributed by atoms with Crippen LogP contribution in [-0.4, -0.2) is 11.3 Å². The summed E-state index contributed by atoms with van der Waals surface area (Å²) >= 11 is 0. The maximum Gasteiger partial charge on any atom is 0.324 e. The zero-order chi connectivity index (χ0) is 9.10. The highest BCUT2D eigenvalue weighted by Gasteiger charge is 2.01. The van der Waals surface area contributed by atoms with E-state index in [1.165, 1.54) is 6.34 Å². The molecule has 0 fully saturated rings. The first-order chi connectivity index (χ1) is 6.40. The van der Waals surface area contributed by atoms with Crippen molar-refractivity contribution in [3.05, 3.63) is 24.3 Å². The summed E-state index contributed by atoms with van der Waals surface area (Å²) in [5.74, 6) is 5.00. The molecule has 0 saturated carbocycles. The van der Waals surface area contributed by atoms with Crippen molar-refractivity contribution in [2.24, 2.45) is 10.8 Å². The summed E-state index contributed by atoms with van der Waals surface area (Å²) in [6.45, 7) is 0. The van der Waals surface area contributed by atoms with Crippen LogP contribution in [0.2, 0.25) is 0 Å². The van der Waals surface area contributed by atoms with Crippen LogP contribution in [0.15, 0.2) is 33.7 Å². The fraction of sp³-hybridized carbons (Fsp3) is 0. The topological polar surface area (TPSA) is 76.4 Å². The molecule has 0 aliphatic heterocycles. The van der Waals surface area contributed by atoms with Gasteiger partial charge in [-0.25, -0.2) is 5.84 Å². The van der Waals surface area contributed by atoms with Crippen molar-refractivity contribution in [2.45, 2.75) is 0 Å². The molecular formula is C8H8N4O. The molecule has 0 aliphatic rings. The van der Waals surface area contributed by atoms with Crippen LogP contribution < -0.4 is 11.3 Å². The molecule has 2 rings (SSSR count). The summed E-state index contributed by atoms with van der Waals surface area (Å²) in [4.78, 5) is 7.91. The molecule has 1 aromatic carbocycles. The van der Waals surface area contributed by atoms with Crippen LogP contribution in [0.4, 0.5) is 6.01 Å². The van der Waals surface area contributed by atoms with E-state index in [9.17, 15) is 0 Å². The minimum absolute atomic E-state index is 0.291. The molecule has 5 nitrogen and oxygen atoms in total. The van der Waals surface area contributed by atoms with Gasteiger partial charge in [-0.3, -0.25) is 0 Å². The molecule has 2 aromatic rings. The van der Waals surface area contributed by atoms with E-state index in [0.717, 1.165) is 5.52 Å². The van der Waals surface area contributed by atoms with Crippen molar-refractivity contribution < 1.29 is 4.42 Å². The molecule has 3 N–H and O–H groups in total. The SMILES string of the molecule is NN/C=N/c1nc2ccccc2o1. The monoisotopic (exact) mass is 176 g/mol. The molecule has 0 bridgehead atoms.